The summed E-state index contributed by atoms with van der Waals surface area (Å²) in [5.41, 5.74) is 0.185. The number of hydrogen-bond donors (Lipinski definition) is 1. The van der Waals surface area contributed by atoms with E-state index in [1.54, 1.807) is 12.1 Å². The molecule has 3 rings (SSSR count). The molecule has 10 heteroatoms. The fourth-order valence-electron chi connectivity index (χ4n) is 2.56. The fourth-order valence-corrected chi connectivity index (χ4v) is 2.56. The van der Waals surface area contributed by atoms with Crippen LogP contribution in [0.4, 0.5) is 18.9 Å². The lowest BCUT2D eigenvalue weighted by Gasteiger charge is -2.06. The molecule has 1 N–H and O–H groups in total. The number of nitrogens with one attached hydrogen (secondary N) is 1. The van der Waals surface area contributed by atoms with Crippen LogP contribution in [-0.4, -0.2) is 29.1 Å². The number of esters is 1. The van der Waals surface area contributed by atoms with Gasteiger partial charge in [-0.15, -0.1) is 0 Å². The minimum absolute atomic E-state index is 0.00917. The van der Waals surface area contributed by atoms with Crippen molar-refractivity contribution >= 4 is 17.6 Å². The Hall–Kier alpha value is -3.69. The summed E-state index contributed by atoms with van der Waals surface area (Å²) in [6.07, 6.45) is -4.35. The summed E-state index contributed by atoms with van der Waals surface area (Å²) >= 11 is 0. The van der Waals surface area contributed by atoms with Crippen LogP contribution in [0.25, 0.3) is 11.4 Å². The number of ether oxygens (including phenoxy) is 1. The van der Waals surface area contributed by atoms with E-state index in [9.17, 15) is 22.8 Å². The van der Waals surface area contributed by atoms with Gasteiger partial charge in [-0.3, -0.25) is 4.79 Å². The van der Waals surface area contributed by atoms with E-state index >= 15 is 0 Å². The number of halogens is 3. The SMILES string of the molecule is COC(=O)c1ccc(NC(=O)CCc2nc(-c3cccc(C(F)(F)F)c3)no2)cc1. The van der Waals surface area contributed by atoms with Gasteiger partial charge < -0.3 is 14.6 Å². The molecule has 30 heavy (non-hydrogen) atoms. The average Bonchev–Trinajstić information content (AvgIpc) is 3.21. The minimum atomic E-state index is -4.48. The van der Waals surface area contributed by atoms with Crippen LogP contribution in [0, 0.1) is 0 Å². The highest BCUT2D eigenvalue weighted by molar-refractivity contribution is 5.93. The van der Waals surface area contributed by atoms with Crippen molar-refractivity contribution in [2.24, 2.45) is 0 Å². The molecule has 0 bridgehead atoms. The lowest BCUT2D eigenvalue weighted by molar-refractivity contribution is -0.137. The second kappa shape index (κ2) is 8.76. The molecule has 0 aliphatic rings. The molecule has 0 saturated carbocycles. The van der Waals surface area contributed by atoms with Crippen molar-refractivity contribution < 1.29 is 32.0 Å². The molecule has 156 valence electrons. The maximum atomic E-state index is 12.8. The summed E-state index contributed by atoms with van der Waals surface area (Å²) in [6, 6.07) is 10.7. The molecule has 1 amide bonds. The molecule has 0 unspecified atom stereocenters. The van der Waals surface area contributed by atoms with Crippen molar-refractivity contribution in [3.63, 3.8) is 0 Å². The van der Waals surface area contributed by atoms with Crippen LogP contribution in [0.5, 0.6) is 0 Å². The molecule has 0 fully saturated rings. The number of hydrogen-bond acceptors (Lipinski definition) is 6. The first-order chi connectivity index (χ1) is 14.3. The van der Waals surface area contributed by atoms with Crippen molar-refractivity contribution in [1.82, 2.24) is 10.1 Å². The molecule has 0 atom stereocenters. The zero-order chi connectivity index (χ0) is 21.7. The van der Waals surface area contributed by atoms with E-state index in [4.69, 9.17) is 4.52 Å². The van der Waals surface area contributed by atoms with Gasteiger partial charge in [0.1, 0.15) is 0 Å². The molecule has 0 aliphatic heterocycles. The molecule has 0 aliphatic carbocycles. The quantitative estimate of drug-likeness (QED) is 0.605. The molecule has 2 aromatic carbocycles. The molecule has 7 nitrogen and oxygen atoms in total. The van der Waals surface area contributed by atoms with Crippen LogP contribution in [0.15, 0.2) is 53.1 Å². The summed E-state index contributed by atoms with van der Waals surface area (Å²) < 4.78 is 48.1. The van der Waals surface area contributed by atoms with Gasteiger partial charge in [-0.25, -0.2) is 4.79 Å². The average molecular weight is 419 g/mol. The largest absolute Gasteiger partial charge is 0.465 e. The van der Waals surface area contributed by atoms with Gasteiger partial charge in [0.05, 0.1) is 18.2 Å². The zero-order valence-corrected chi connectivity index (χ0v) is 15.7. The Morgan fingerprint density at radius 3 is 2.53 bits per heavy atom. The number of aromatic nitrogens is 2. The summed E-state index contributed by atoms with van der Waals surface area (Å²) in [4.78, 5) is 27.5. The predicted octanol–water partition coefficient (Wildman–Crippen LogP) is 4.11. The third-order valence-electron chi connectivity index (χ3n) is 4.07. The summed E-state index contributed by atoms with van der Waals surface area (Å²) in [6.45, 7) is 0. The lowest BCUT2D eigenvalue weighted by Crippen LogP contribution is -2.12. The van der Waals surface area contributed by atoms with Crippen LogP contribution in [0.2, 0.25) is 0 Å². The highest BCUT2D eigenvalue weighted by Crippen LogP contribution is 2.31. The standard InChI is InChI=1S/C20H16F3N3O4/c1-29-19(28)12-5-7-15(8-6-12)24-16(27)9-10-17-25-18(26-30-17)13-3-2-4-14(11-13)20(21,22)23/h2-8,11H,9-10H2,1H3,(H,24,27). The Bertz CT molecular complexity index is 1050. The molecule has 0 saturated heterocycles. The number of anilines is 1. The van der Waals surface area contributed by atoms with Gasteiger partial charge in [0.2, 0.25) is 17.6 Å². The second-order valence-corrected chi connectivity index (χ2v) is 6.21. The highest BCUT2D eigenvalue weighted by Gasteiger charge is 2.30. The van der Waals surface area contributed by atoms with Gasteiger partial charge >= 0.3 is 12.1 Å². The fraction of sp³-hybridized carbons (Fsp3) is 0.200. The molecule has 1 heterocycles. The smallest absolute Gasteiger partial charge is 0.416 e. The Morgan fingerprint density at radius 2 is 1.87 bits per heavy atom. The van der Waals surface area contributed by atoms with Crippen LogP contribution in [-0.2, 0) is 22.1 Å². The van der Waals surface area contributed by atoms with Gasteiger partial charge in [0.15, 0.2) is 0 Å². The van der Waals surface area contributed by atoms with Crippen molar-refractivity contribution in [3.8, 4) is 11.4 Å². The minimum Gasteiger partial charge on any atom is -0.465 e. The van der Waals surface area contributed by atoms with Crippen LogP contribution in [0.1, 0.15) is 28.2 Å². The Labute approximate surface area is 168 Å². The van der Waals surface area contributed by atoms with Gasteiger partial charge in [-0.1, -0.05) is 17.3 Å². The number of carbonyl (C=O) groups excluding carboxylic acids is 2. The number of alkyl halides is 3. The molecular formula is C20H16F3N3O4. The first-order valence-electron chi connectivity index (χ1n) is 8.74. The molecular weight excluding hydrogens is 403 g/mol. The zero-order valence-electron chi connectivity index (χ0n) is 15.7. The molecule has 1 aromatic heterocycles. The first-order valence-corrected chi connectivity index (χ1v) is 8.74. The van der Waals surface area contributed by atoms with Crippen molar-refractivity contribution in [2.75, 3.05) is 12.4 Å². The van der Waals surface area contributed by atoms with E-state index in [0.717, 1.165) is 12.1 Å². The van der Waals surface area contributed by atoms with Crippen molar-refractivity contribution in [3.05, 3.63) is 65.5 Å². The molecule has 0 spiro atoms. The number of aryl methyl sites for hydroxylation is 1. The van der Waals surface area contributed by atoms with E-state index in [-0.39, 0.29) is 36.0 Å². The maximum absolute atomic E-state index is 12.8. The monoisotopic (exact) mass is 419 g/mol. The number of nitrogens with zero attached hydrogens (tertiary/aromatic N) is 2. The summed E-state index contributed by atoms with van der Waals surface area (Å²) in [7, 11) is 1.27. The van der Waals surface area contributed by atoms with Crippen LogP contribution in [0.3, 0.4) is 0 Å². The van der Waals surface area contributed by atoms with Gasteiger partial charge in [0, 0.05) is 24.1 Å². The number of methoxy groups -OCH3 is 1. The number of amides is 1. The number of carbonyl (C=O) groups is 2. The van der Waals surface area contributed by atoms with Crippen LogP contribution < -0.4 is 5.32 Å². The Morgan fingerprint density at radius 1 is 1.13 bits per heavy atom. The number of benzene rings is 2. The highest BCUT2D eigenvalue weighted by atomic mass is 19.4. The van der Waals surface area contributed by atoms with E-state index in [1.807, 2.05) is 0 Å². The van der Waals surface area contributed by atoms with Gasteiger partial charge in [0.25, 0.3) is 0 Å². The van der Waals surface area contributed by atoms with Gasteiger partial charge in [-0.05, 0) is 36.4 Å². The van der Waals surface area contributed by atoms with E-state index in [2.05, 4.69) is 20.2 Å². The third kappa shape index (κ3) is 5.22. The first kappa shape index (κ1) is 21.0. The maximum Gasteiger partial charge on any atom is 0.416 e. The Kier molecular flexibility index (Phi) is 6.14. The van der Waals surface area contributed by atoms with E-state index in [1.165, 1.54) is 31.4 Å². The van der Waals surface area contributed by atoms with Gasteiger partial charge in [-0.2, -0.15) is 18.2 Å². The topological polar surface area (TPSA) is 94.3 Å². The van der Waals surface area contributed by atoms with E-state index in [0.29, 0.717) is 11.3 Å². The summed E-state index contributed by atoms with van der Waals surface area (Å²) in [5, 5.41) is 6.33. The lowest BCUT2D eigenvalue weighted by atomic mass is 10.1. The second-order valence-electron chi connectivity index (χ2n) is 6.21. The van der Waals surface area contributed by atoms with Crippen molar-refractivity contribution in [1.29, 1.82) is 0 Å². The van der Waals surface area contributed by atoms with E-state index < -0.39 is 17.7 Å². The number of rotatable bonds is 6. The molecule has 0 radical (unpaired) electrons. The van der Waals surface area contributed by atoms with Crippen molar-refractivity contribution in [2.45, 2.75) is 19.0 Å². The van der Waals surface area contributed by atoms with Crippen LogP contribution >= 0.6 is 0 Å². The third-order valence-corrected chi connectivity index (χ3v) is 4.07. The normalized spacial score (nSPS) is 11.2. The predicted molar refractivity (Wildman–Crippen MR) is 99.5 cm³/mol. The Balaban J connectivity index is 1.58. The molecule has 3 aromatic rings. The summed E-state index contributed by atoms with van der Waals surface area (Å²) in [5.74, 6) is -0.686.